The number of amides is 1. The van der Waals surface area contributed by atoms with Gasteiger partial charge in [-0.05, 0) is 29.8 Å². The lowest BCUT2D eigenvalue weighted by atomic mass is 10.0. The van der Waals surface area contributed by atoms with Crippen molar-refractivity contribution in [1.29, 1.82) is 0 Å². The maximum atomic E-state index is 13.1. The monoisotopic (exact) mass is 395 g/mol. The maximum absolute atomic E-state index is 13.1. The van der Waals surface area contributed by atoms with E-state index < -0.39 is 0 Å². The van der Waals surface area contributed by atoms with Crippen molar-refractivity contribution in [2.45, 2.75) is 19.9 Å². The minimum atomic E-state index is -0.174. The van der Waals surface area contributed by atoms with Gasteiger partial charge in [0.25, 0.3) is 11.5 Å². The van der Waals surface area contributed by atoms with Crippen LogP contribution in [-0.4, -0.2) is 27.3 Å². The van der Waals surface area contributed by atoms with E-state index in [-0.39, 0.29) is 18.0 Å². The fourth-order valence-electron chi connectivity index (χ4n) is 3.95. The Morgan fingerprint density at radius 1 is 1.00 bits per heavy atom. The lowest BCUT2D eigenvalue weighted by Crippen LogP contribution is -2.39. The fraction of sp³-hybridized carbons (Fsp3) is 0.160. The molecule has 0 atom stereocenters. The van der Waals surface area contributed by atoms with Gasteiger partial charge in [0.05, 0.1) is 17.8 Å². The smallest absolute Gasteiger partial charge is 0.256 e. The van der Waals surface area contributed by atoms with Crippen molar-refractivity contribution in [3.05, 3.63) is 99.5 Å². The van der Waals surface area contributed by atoms with Gasteiger partial charge in [0.2, 0.25) is 0 Å². The molecule has 5 heteroatoms. The first-order chi connectivity index (χ1) is 14.6. The van der Waals surface area contributed by atoms with Crippen molar-refractivity contribution < 1.29 is 4.79 Å². The number of carbonyl (C=O) groups is 1. The SMILES string of the molecule is Cc1ccc(-c2nc3c(c(=O)[nH]2)CN(C(=O)c2ccc4ccccc4c2)CC3)cc1. The number of hydrogen-bond acceptors (Lipinski definition) is 3. The predicted octanol–water partition coefficient (Wildman–Crippen LogP) is 4.10. The molecule has 148 valence electrons. The van der Waals surface area contributed by atoms with E-state index in [1.54, 1.807) is 4.90 Å². The summed E-state index contributed by atoms with van der Waals surface area (Å²) in [6.07, 6.45) is 0.567. The normalized spacial score (nSPS) is 13.3. The summed E-state index contributed by atoms with van der Waals surface area (Å²) in [5.41, 5.74) is 3.85. The third-order valence-electron chi connectivity index (χ3n) is 5.68. The average molecular weight is 395 g/mol. The molecule has 1 amide bonds. The van der Waals surface area contributed by atoms with Crippen molar-refractivity contribution >= 4 is 16.7 Å². The number of nitrogens with zero attached hydrogens (tertiary/aromatic N) is 2. The number of benzene rings is 3. The molecular weight excluding hydrogens is 374 g/mol. The van der Waals surface area contributed by atoms with Crippen molar-refractivity contribution in [3.63, 3.8) is 0 Å². The van der Waals surface area contributed by atoms with Crippen LogP contribution in [0.3, 0.4) is 0 Å². The van der Waals surface area contributed by atoms with Gasteiger partial charge >= 0.3 is 0 Å². The number of fused-ring (bicyclic) bond motifs is 2. The molecule has 0 spiro atoms. The van der Waals surface area contributed by atoms with E-state index >= 15 is 0 Å². The maximum Gasteiger partial charge on any atom is 0.256 e. The number of aromatic nitrogens is 2. The molecule has 0 fully saturated rings. The van der Waals surface area contributed by atoms with E-state index in [4.69, 9.17) is 0 Å². The highest BCUT2D eigenvalue weighted by atomic mass is 16.2. The molecule has 0 aliphatic carbocycles. The zero-order valence-corrected chi connectivity index (χ0v) is 16.7. The van der Waals surface area contributed by atoms with E-state index in [0.29, 0.717) is 29.9 Å². The Bertz CT molecular complexity index is 1320. The van der Waals surface area contributed by atoms with Crippen LogP contribution in [0.5, 0.6) is 0 Å². The fourth-order valence-corrected chi connectivity index (χ4v) is 3.95. The molecule has 0 saturated carbocycles. The van der Waals surface area contributed by atoms with Crippen LogP contribution in [0.1, 0.15) is 27.2 Å². The summed E-state index contributed by atoms with van der Waals surface area (Å²) in [6, 6.07) is 21.6. The van der Waals surface area contributed by atoms with Crippen LogP contribution in [0, 0.1) is 6.92 Å². The van der Waals surface area contributed by atoms with Crippen LogP contribution < -0.4 is 5.56 Å². The molecule has 0 radical (unpaired) electrons. The van der Waals surface area contributed by atoms with Gasteiger partial charge in [0, 0.05) is 24.1 Å². The molecule has 5 nitrogen and oxygen atoms in total. The van der Waals surface area contributed by atoms with Gasteiger partial charge in [-0.3, -0.25) is 9.59 Å². The van der Waals surface area contributed by atoms with Crippen molar-refractivity contribution in [3.8, 4) is 11.4 Å². The van der Waals surface area contributed by atoms with Crippen molar-refractivity contribution in [2.24, 2.45) is 0 Å². The largest absolute Gasteiger partial charge is 0.334 e. The zero-order chi connectivity index (χ0) is 20.7. The second-order valence-corrected chi connectivity index (χ2v) is 7.74. The van der Waals surface area contributed by atoms with Crippen LogP contribution in [-0.2, 0) is 13.0 Å². The van der Waals surface area contributed by atoms with E-state index in [1.807, 2.05) is 73.7 Å². The van der Waals surface area contributed by atoms with Crippen LogP contribution in [0.15, 0.2) is 71.5 Å². The van der Waals surface area contributed by atoms with Crippen LogP contribution in [0.25, 0.3) is 22.2 Å². The Morgan fingerprint density at radius 2 is 1.77 bits per heavy atom. The molecule has 3 aromatic carbocycles. The number of carbonyl (C=O) groups excluding carboxylic acids is 1. The van der Waals surface area contributed by atoms with E-state index in [9.17, 15) is 9.59 Å². The first kappa shape index (κ1) is 18.3. The van der Waals surface area contributed by atoms with E-state index in [1.165, 1.54) is 0 Å². The van der Waals surface area contributed by atoms with Gasteiger partial charge in [-0.2, -0.15) is 0 Å². The highest BCUT2D eigenvalue weighted by Gasteiger charge is 2.25. The highest BCUT2D eigenvalue weighted by Crippen LogP contribution is 2.22. The topological polar surface area (TPSA) is 66.1 Å². The Morgan fingerprint density at radius 3 is 2.57 bits per heavy atom. The molecule has 5 rings (SSSR count). The minimum Gasteiger partial charge on any atom is -0.334 e. The highest BCUT2D eigenvalue weighted by molar-refractivity contribution is 5.98. The summed E-state index contributed by atoms with van der Waals surface area (Å²) < 4.78 is 0. The summed E-state index contributed by atoms with van der Waals surface area (Å²) in [5, 5.41) is 2.13. The molecule has 1 aromatic heterocycles. The number of nitrogens with one attached hydrogen (secondary N) is 1. The third-order valence-corrected chi connectivity index (χ3v) is 5.68. The van der Waals surface area contributed by atoms with E-state index in [0.717, 1.165) is 27.6 Å². The number of H-pyrrole nitrogens is 1. The van der Waals surface area contributed by atoms with Crippen molar-refractivity contribution in [1.82, 2.24) is 14.9 Å². The quantitative estimate of drug-likeness (QED) is 0.556. The number of hydrogen-bond donors (Lipinski definition) is 1. The summed E-state index contributed by atoms with van der Waals surface area (Å²) in [7, 11) is 0. The number of rotatable bonds is 2. The Hall–Kier alpha value is -3.73. The molecule has 4 aromatic rings. The molecule has 30 heavy (non-hydrogen) atoms. The molecule has 0 unspecified atom stereocenters. The Balaban J connectivity index is 1.43. The number of aromatic amines is 1. The van der Waals surface area contributed by atoms with Gasteiger partial charge in [-0.25, -0.2) is 4.98 Å². The Kier molecular flexibility index (Phi) is 4.43. The standard InChI is InChI=1S/C25H21N3O2/c1-16-6-8-18(9-7-16)23-26-22-12-13-28(15-21(22)24(29)27-23)25(30)20-11-10-17-4-2-3-5-19(17)14-20/h2-11,14H,12-13,15H2,1H3,(H,26,27,29). The van der Waals surface area contributed by atoms with E-state index in [2.05, 4.69) is 9.97 Å². The molecule has 1 N–H and O–H groups in total. The Labute approximate surface area is 174 Å². The van der Waals surface area contributed by atoms with Crippen molar-refractivity contribution in [2.75, 3.05) is 6.54 Å². The second kappa shape index (κ2) is 7.26. The van der Waals surface area contributed by atoms with Crippen LogP contribution in [0.2, 0.25) is 0 Å². The van der Waals surface area contributed by atoms with Gasteiger partial charge in [-0.1, -0.05) is 60.2 Å². The molecule has 1 aliphatic rings. The van der Waals surface area contributed by atoms with Gasteiger partial charge in [-0.15, -0.1) is 0 Å². The van der Waals surface area contributed by atoms with Gasteiger partial charge in [0.1, 0.15) is 5.82 Å². The molecular formula is C25H21N3O2. The summed E-state index contributed by atoms with van der Waals surface area (Å²) in [5.74, 6) is 0.515. The lowest BCUT2D eigenvalue weighted by Gasteiger charge is -2.28. The minimum absolute atomic E-state index is 0.0617. The molecule has 2 heterocycles. The average Bonchev–Trinajstić information content (AvgIpc) is 2.78. The number of aryl methyl sites for hydroxylation is 1. The lowest BCUT2D eigenvalue weighted by molar-refractivity contribution is 0.0733. The predicted molar refractivity (Wildman–Crippen MR) is 117 cm³/mol. The van der Waals surface area contributed by atoms with Crippen LogP contribution >= 0.6 is 0 Å². The summed E-state index contributed by atoms with van der Waals surface area (Å²) >= 11 is 0. The summed E-state index contributed by atoms with van der Waals surface area (Å²) in [4.78, 5) is 35.2. The first-order valence-corrected chi connectivity index (χ1v) is 10.1. The zero-order valence-electron chi connectivity index (χ0n) is 16.7. The second-order valence-electron chi connectivity index (χ2n) is 7.74. The molecule has 0 bridgehead atoms. The third kappa shape index (κ3) is 3.28. The summed E-state index contributed by atoms with van der Waals surface area (Å²) in [6.45, 7) is 2.84. The molecule has 1 aliphatic heterocycles. The van der Waals surface area contributed by atoms with Crippen LogP contribution in [0.4, 0.5) is 0 Å². The van der Waals surface area contributed by atoms with Gasteiger partial charge in [0.15, 0.2) is 0 Å². The molecule has 0 saturated heterocycles. The van der Waals surface area contributed by atoms with Gasteiger partial charge < -0.3 is 9.88 Å². The first-order valence-electron chi connectivity index (χ1n) is 10.1.